The lowest BCUT2D eigenvalue weighted by atomic mass is 10.1. The molecular weight excluding hydrogens is 260 g/mol. The van der Waals surface area contributed by atoms with E-state index in [0.717, 1.165) is 6.42 Å². The summed E-state index contributed by atoms with van der Waals surface area (Å²) in [5.74, 6) is -0.996. The smallest absolute Gasteiger partial charge is 0.354 e. The Kier molecular flexibility index (Phi) is 4.68. The van der Waals surface area contributed by atoms with E-state index in [-0.39, 0.29) is 17.3 Å². The van der Waals surface area contributed by atoms with E-state index in [1.165, 1.54) is 12.1 Å². The van der Waals surface area contributed by atoms with Crippen molar-refractivity contribution in [3.05, 3.63) is 29.6 Å². The molecule has 1 aliphatic heterocycles. The van der Waals surface area contributed by atoms with Gasteiger partial charge in [-0.3, -0.25) is 4.79 Å². The Hall–Kier alpha value is -1.95. The Balaban J connectivity index is 2.01. The highest BCUT2D eigenvalue weighted by molar-refractivity contribution is 5.94. The molecule has 0 radical (unpaired) electrons. The molecule has 0 spiro atoms. The predicted octanol–water partition coefficient (Wildman–Crippen LogP) is 1.28. The zero-order chi connectivity index (χ0) is 14.5. The number of nitrogens with zero attached hydrogens (tertiary/aromatic N) is 2. The minimum Gasteiger partial charge on any atom is -0.477 e. The van der Waals surface area contributed by atoms with Gasteiger partial charge >= 0.3 is 5.97 Å². The molecule has 1 aromatic heterocycles. The highest BCUT2D eigenvalue weighted by atomic mass is 16.5. The summed E-state index contributed by atoms with van der Waals surface area (Å²) in [6, 6.07) is 4.46. The fraction of sp³-hybridized carbons (Fsp3) is 0.500. The first-order valence-electron chi connectivity index (χ1n) is 6.69. The molecule has 2 rings (SSSR count). The molecule has 108 valence electrons. The molecule has 0 saturated carbocycles. The first-order valence-corrected chi connectivity index (χ1v) is 6.69. The molecule has 20 heavy (non-hydrogen) atoms. The minimum atomic E-state index is -1.13. The van der Waals surface area contributed by atoms with Gasteiger partial charge in [0.05, 0.1) is 6.61 Å². The number of carboxylic acid groups (broad SMARTS) is 1. The van der Waals surface area contributed by atoms with Crippen molar-refractivity contribution in [3.8, 4) is 0 Å². The first-order chi connectivity index (χ1) is 9.61. The first kappa shape index (κ1) is 14.5. The molecule has 1 aliphatic rings. The van der Waals surface area contributed by atoms with E-state index in [1.807, 2.05) is 6.92 Å². The van der Waals surface area contributed by atoms with Crippen LogP contribution >= 0.6 is 0 Å². The number of likely N-dealkylation sites (tertiary alicyclic amines) is 1. The molecule has 1 amide bonds. The van der Waals surface area contributed by atoms with Gasteiger partial charge in [0.15, 0.2) is 0 Å². The molecule has 0 aliphatic carbocycles. The highest BCUT2D eigenvalue weighted by Gasteiger charge is 2.27. The van der Waals surface area contributed by atoms with Gasteiger partial charge in [0.25, 0.3) is 5.91 Å². The monoisotopic (exact) mass is 278 g/mol. The third-order valence-electron chi connectivity index (χ3n) is 3.32. The summed E-state index contributed by atoms with van der Waals surface area (Å²) < 4.78 is 5.37. The number of ether oxygens (including phenoxy) is 1. The second kappa shape index (κ2) is 6.47. The fourth-order valence-electron chi connectivity index (χ4n) is 2.27. The van der Waals surface area contributed by atoms with Crippen molar-refractivity contribution in [1.82, 2.24) is 9.88 Å². The van der Waals surface area contributed by atoms with Crippen molar-refractivity contribution in [2.24, 2.45) is 5.92 Å². The van der Waals surface area contributed by atoms with Crippen LogP contribution in [0.5, 0.6) is 0 Å². The van der Waals surface area contributed by atoms with Crippen LogP contribution in [0.15, 0.2) is 18.2 Å². The van der Waals surface area contributed by atoms with Crippen LogP contribution in [-0.2, 0) is 4.74 Å². The molecule has 1 N–H and O–H groups in total. The Labute approximate surface area is 117 Å². The second-order valence-electron chi connectivity index (χ2n) is 4.78. The zero-order valence-corrected chi connectivity index (χ0v) is 11.4. The third kappa shape index (κ3) is 3.33. The maximum Gasteiger partial charge on any atom is 0.354 e. The number of carbonyl (C=O) groups excluding carboxylic acids is 1. The number of aromatic nitrogens is 1. The van der Waals surface area contributed by atoms with Gasteiger partial charge in [0.1, 0.15) is 11.4 Å². The van der Waals surface area contributed by atoms with Gasteiger partial charge in [-0.05, 0) is 25.5 Å². The van der Waals surface area contributed by atoms with Crippen molar-refractivity contribution < 1.29 is 19.4 Å². The van der Waals surface area contributed by atoms with E-state index in [9.17, 15) is 9.59 Å². The van der Waals surface area contributed by atoms with Crippen LogP contribution in [0.3, 0.4) is 0 Å². The topological polar surface area (TPSA) is 79.7 Å². The van der Waals surface area contributed by atoms with Crippen LogP contribution < -0.4 is 0 Å². The van der Waals surface area contributed by atoms with Crippen molar-refractivity contribution >= 4 is 11.9 Å². The maximum absolute atomic E-state index is 12.3. The number of carboxylic acids is 1. The van der Waals surface area contributed by atoms with Crippen molar-refractivity contribution in [1.29, 1.82) is 0 Å². The third-order valence-corrected chi connectivity index (χ3v) is 3.32. The predicted molar refractivity (Wildman–Crippen MR) is 71.7 cm³/mol. The van der Waals surface area contributed by atoms with Gasteiger partial charge in [-0.15, -0.1) is 0 Å². The summed E-state index contributed by atoms with van der Waals surface area (Å²) in [5, 5.41) is 8.89. The molecule has 1 aromatic rings. The summed E-state index contributed by atoms with van der Waals surface area (Å²) in [5.41, 5.74) is 0.0721. The number of amides is 1. The van der Waals surface area contributed by atoms with Crippen LogP contribution in [0.2, 0.25) is 0 Å². The van der Waals surface area contributed by atoms with Crippen LogP contribution in [0.4, 0.5) is 0 Å². The Bertz CT molecular complexity index is 504. The normalized spacial score (nSPS) is 18.2. The molecule has 6 heteroatoms. The Morgan fingerprint density at radius 1 is 1.45 bits per heavy atom. The summed E-state index contributed by atoms with van der Waals surface area (Å²) >= 11 is 0. The van der Waals surface area contributed by atoms with E-state index in [1.54, 1.807) is 11.0 Å². The fourth-order valence-corrected chi connectivity index (χ4v) is 2.27. The van der Waals surface area contributed by atoms with E-state index in [4.69, 9.17) is 9.84 Å². The molecule has 0 aromatic carbocycles. The van der Waals surface area contributed by atoms with Gasteiger partial charge < -0.3 is 14.7 Å². The number of carbonyl (C=O) groups is 2. The number of hydrogen-bond acceptors (Lipinski definition) is 4. The molecule has 6 nitrogen and oxygen atoms in total. The molecule has 1 saturated heterocycles. The van der Waals surface area contributed by atoms with E-state index in [0.29, 0.717) is 32.2 Å². The molecule has 1 fully saturated rings. The average molecular weight is 278 g/mol. The molecule has 1 unspecified atom stereocenters. The molecular formula is C14H18N2O4. The number of hydrogen-bond donors (Lipinski definition) is 1. The lowest BCUT2D eigenvalue weighted by molar-refractivity contribution is 0.0690. The second-order valence-corrected chi connectivity index (χ2v) is 4.78. The maximum atomic E-state index is 12.3. The Morgan fingerprint density at radius 3 is 2.90 bits per heavy atom. The van der Waals surface area contributed by atoms with Crippen molar-refractivity contribution in [2.45, 2.75) is 13.3 Å². The lowest BCUT2D eigenvalue weighted by Gasteiger charge is -2.16. The zero-order valence-electron chi connectivity index (χ0n) is 11.4. The lowest BCUT2D eigenvalue weighted by Crippen LogP contribution is -2.30. The summed E-state index contributed by atoms with van der Waals surface area (Å²) in [6.45, 7) is 4.57. The van der Waals surface area contributed by atoms with Crippen LogP contribution in [0, 0.1) is 5.92 Å². The number of aromatic carboxylic acids is 1. The van der Waals surface area contributed by atoms with Gasteiger partial charge in [-0.25, -0.2) is 9.78 Å². The average Bonchev–Trinajstić information content (AvgIpc) is 2.93. The summed E-state index contributed by atoms with van der Waals surface area (Å²) in [4.78, 5) is 28.7. The number of pyridine rings is 1. The van der Waals surface area contributed by atoms with Gasteiger partial charge in [-0.1, -0.05) is 6.07 Å². The van der Waals surface area contributed by atoms with Crippen LogP contribution in [0.25, 0.3) is 0 Å². The Morgan fingerprint density at radius 2 is 2.20 bits per heavy atom. The summed E-state index contributed by atoms with van der Waals surface area (Å²) in [6.07, 6.45) is 0.907. The standard InChI is InChI=1S/C14H18N2O4/c1-2-20-9-10-6-7-16(8-10)13(17)11-4-3-5-12(15-11)14(18)19/h3-5,10H,2,6-9H2,1H3,(H,18,19). The van der Waals surface area contributed by atoms with Gasteiger partial charge in [0, 0.05) is 25.6 Å². The minimum absolute atomic E-state index is 0.110. The van der Waals surface area contributed by atoms with E-state index in [2.05, 4.69) is 4.98 Å². The molecule has 0 bridgehead atoms. The van der Waals surface area contributed by atoms with Gasteiger partial charge in [0.2, 0.25) is 0 Å². The molecule has 1 atom stereocenters. The van der Waals surface area contributed by atoms with Crippen molar-refractivity contribution in [2.75, 3.05) is 26.3 Å². The van der Waals surface area contributed by atoms with Crippen LogP contribution in [0.1, 0.15) is 34.3 Å². The summed E-state index contributed by atoms with van der Waals surface area (Å²) in [7, 11) is 0. The van der Waals surface area contributed by atoms with E-state index >= 15 is 0 Å². The highest BCUT2D eigenvalue weighted by Crippen LogP contribution is 2.18. The quantitative estimate of drug-likeness (QED) is 0.877. The largest absolute Gasteiger partial charge is 0.477 e. The van der Waals surface area contributed by atoms with Crippen molar-refractivity contribution in [3.63, 3.8) is 0 Å². The van der Waals surface area contributed by atoms with Crippen LogP contribution in [-0.4, -0.2) is 53.2 Å². The SMILES string of the molecule is CCOCC1CCN(C(=O)c2cccc(C(=O)O)n2)C1. The van der Waals surface area contributed by atoms with Gasteiger partial charge in [-0.2, -0.15) is 0 Å². The number of rotatable bonds is 5. The van der Waals surface area contributed by atoms with E-state index < -0.39 is 5.97 Å². The molecule has 2 heterocycles.